The molecule has 0 bridgehead atoms. The van der Waals surface area contributed by atoms with E-state index in [0.717, 1.165) is 18.9 Å². The van der Waals surface area contributed by atoms with Gasteiger partial charge in [0.15, 0.2) is 0 Å². The van der Waals surface area contributed by atoms with Gasteiger partial charge in [-0.15, -0.1) is 0 Å². The molecule has 0 radical (unpaired) electrons. The van der Waals surface area contributed by atoms with Crippen LogP contribution >= 0.6 is 0 Å². The Kier molecular flexibility index (Phi) is 2.58. The summed E-state index contributed by atoms with van der Waals surface area (Å²) in [6, 6.07) is 16.0. The van der Waals surface area contributed by atoms with E-state index in [1.54, 1.807) is 0 Å². The van der Waals surface area contributed by atoms with Crippen molar-refractivity contribution >= 4 is 5.69 Å². The van der Waals surface area contributed by atoms with Gasteiger partial charge in [0.2, 0.25) is 0 Å². The highest BCUT2D eigenvalue weighted by Crippen LogP contribution is 2.37. The molecule has 1 nitrogen and oxygen atoms in total. The van der Waals surface area contributed by atoms with E-state index in [4.69, 9.17) is 0 Å². The number of hydrogen-bond donors (Lipinski definition) is 1. The Balaban J connectivity index is 1.64. The van der Waals surface area contributed by atoms with Crippen LogP contribution < -0.4 is 5.32 Å². The third kappa shape index (κ3) is 1.94. The summed E-state index contributed by atoms with van der Waals surface area (Å²) in [5.41, 5.74) is 6.99. The van der Waals surface area contributed by atoms with Crippen LogP contribution in [-0.2, 0) is 6.42 Å². The molecular formula is C18H19N. The minimum Gasteiger partial charge on any atom is -0.384 e. The summed E-state index contributed by atoms with van der Waals surface area (Å²) in [5, 5.41) is 3.42. The zero-order chi connectivity index (χ0) is 12.7. The van der Waals surface area contributed by atoms with Crippen molar-refractivity contribution in [1.29, 1.82) is 0 Å². The van der Waals surface area contributed by atoms with Gasteiger partial charge < -0.3 is 5.32 Å². The van der Waals surface area contributed by atoms with Gasteiger partial charge >= 0.3 is 0 Å². The first-order chi connectivity index (χ1) is 9.40. The maximum atomic E-state index is 3.42. The van der Waals surface area contributed by atoms with Gasteiger partial charge in [0.05, 0.1) is 0 Å². The zero-order valence-electron chi connectivity index (χ0n) is 11.2. The predicted molar refractivity (Wildman–Crippen MR) is 80.7 cm³/mol. The third-order valence-electron chi connectivity index (χ3n) is 4.64. The van der Waals surface area contributed by atoms with Crippen LogP contribution in [0.3, 0.4) is 0 Å². The molecular weight excluding hydrogens is 230 g/mol. The highest BCUT2D eigenvalue weighted by molar-refractivity contribution is 5.70. The van der Waals surface area contributed by atoms with Gasteiger partial charge in [0, 0.05) is 12.2 Å². The second kappa shape index (κ2) is 4.41. The highest BCUT2D eigenvalue weighted by Gasteiger charge is 2.19. The molecule has 1 heteroatoms. The molecule has 2 aromatic rings. The van der Waals surface area contributed by atoms with Gasteiger partial charge in [-0.25, -0.2) is 0 Å². The minimum atomic E-state index is 0.832. The minimum absolute atomic E-state index is 0.832. The molecule has 96 valence electrons. The smallest absolute Gasteiger partial charge is 0.0373 e. The lowest BCUT2D eigenvalue weighted by molar-refractivity contribution is 0.420. The summed E-state index contributed by atoms with van der Waals surface area (Å²) >= 11 is 0. The first-order valence-corrected chi connectivity index (χ1v) is 7.37. The fraction of sp³-hybridized carbons (Fsp3) is 0.333. The van der Waals surface area contributed by atoms with Crippen molar-refractivity contribution in [2.24, 2.45) is 0 Å². The first-order valence-electron chi connectivity index (χ1n) is 7.37. The molecule has 0 aromatic heterocycles. The highest BCUT2D eigenvalue weighted by atomic mass is 14.9. The van der Waals surface area contributed by atoms with E-state index in [-0.39, 0.29) is 0 Å². The molecule has 1 aliphatic heterocycles. The Hall–Kier alpha value is -1.76. The molecule has 1 aliphatic carbocycles. The molecule has 0 atom stereocenters. The van der Waals surface area contributed by atoms with Crippen molar-refractivity contribution in [3.63, 3.8) is 0 Å². The Labute approximate surface area is 114 Å². The van der Waals surface area contributed by atoms with Crippen molar-refractivity contribution in [2.45, 2.75) is 31.6 Å². The van der Waals surface area contributed by atoms with Crippen LogP contribution in [0.4, 0.5) is 5.69 Å². The van der Waals surface area contributed by atoms with Gasteiger partial charge in [-0.1, -0.05) is 36.8 Å². The van der Waals surface area contributed by atoms with E-state index < -0.39 is 0 Å². The van der Waals surface area contributed by atoms with Crippen LogP contribution in [0.5, 0.6) is 0 Å². The van der Waals surface area contributed by atoms with Crippen molar-refractivity contribution in [3.05, 3.63) is 53.6 Å². The zero-order valence-corrected chi connectivity index (χ0v) is 11.2. The first kappa shape index (κ1) is 11.1. The van der Waals surface area contributed by atoms with Gasteiger partial charge in [-0.2, -0.15) is 0 Å². The van der Waals surface area contributed by atoms with Gasteiger partial charge in [-0.3, -0.25) is 0 Å². The van der Waals surface area contributed by atoms with Crippen molar-refractivity contribution in [3.8, 4) is 11.1 Å². The summed E-state index contributed by atoms with van der Waals surface area (Å²) < 4.78 is 0. The van der Waals surface area contributed by atoms with Crippen molar-refractivity contribution in [2.75, 3.05) is 11.9 Å². The lowest BCUT2D eigenvalue weighted by Gasteiger charge is -2.25. The van der Waals surface area contributed by atoms with E-state index >= 15 is 0 Å². The largest absolute Gasteiger partial charge is 0.384 e. The summed E-state index contributed by atoms with van der Waals surface area (Å²) in [6.45, 7) is 1.08. The van der Waals surface area contributed by atoms with Crippen LogP contribution in [0.15, 0.2) is 42.5 Å². The lowest BCUT2D eigenvalue weighted by Crippen LogP contribution is -2.08. The molecule has 0 amide bonds. The molecule has 4 rings (SSSR count). The van der Waals surface area contributed by atoms with Crippen molar-refractivity contribution in [1.82, 2.24) is 0 Å². The lowest BCUT2D eigenvalue weighted by atomic mass is 9.80. The molecule has 1 fully saturated rings. The van der Waals surface area contributed by atoms with Gasteiger partial charge in [0.25, 0.3) is 0 Å². The predicted octanol–water partition coefficient (Wildman–Crippen LogP) is 4.59. The third-order valence-corrected chi connectivity index (χ3v) is 4.64. The fourth-order valence-electron chi connectivity index (χ4n) is 3.17. The number of hydrogen-bond acceptors (Lipinski definition) is 1. The molecule has 1 N–H and O–H groups in total. The number of nitrogens with one attached hydrogen (secondary N) is 1. The second-order valence-electron chi connectivity index (χ2n) is 5.80. The Morgan fingerprint density at radius 3 is 2.42 bits per heavy atom. The maximum absolute atomic E-state index is 3.42. The van der Waals surface area contributed by atoms with E-state index in [9.17, 15) is 0 Å². The normalized spacial score (nSPS) is 17.7. The molecule has 0 unspecified atom stereocenters. The van der Waals surface area contributed by atoms with Crippen LogP contribution in [0.1, 0.15) is 36.3 Å². The SMILES string of the molecule is c1cc(C2CCC2)ccc1-c1ccc2c(c1)CCN2. The summed E-state index contributed by atoms with van der Waals surface area (Å²) in [4.78, 5) is 0. The summed E-state index contributed by atoms with van der Waals surface area (Å²) in [7, 11) is 0. The van der Waals surface area contributed by atoms with Gasteiger partial charge in [0.1, 0.15) is 0 Å². The second-order valence-corrected chi connectivity index (χ2v) is 5.80. The molecule has 0 saturated heterocycles. The molecule has 0 spiro atoms. The maximum Gasteiger partial charge on any atom is 0.0373 e. The van der Waals surface area contributed by atoms with Crippen LogP contribution in [0.2, 0.25) is 0 Å². The molecule has 1 heterocycles. The summed E-state index contributed by atoms with van der Waals surface area (Å²) in [5.74, 6) is 0.832. The number of anilines is 1. The standard InChI is InChI=1S/C18H19N/c1-2-13(3-1)14-4-6-15(7-5-14)16-8-9-18-17(12-16)10-11-19-18/h4-9,12-13,19H,1-3,10-11H2. The average molecular weight is 249 g/mol. The number of fused-ring (bicyclic) bond motifs is 1. The Morgan fingerprint density at radius 1 is 0.895 bits per heavy atom. The quantitative estimate of drug-likeness (QED) is 0.821. The molecule has 19 heavy (non-hydrogen) atoms. The Bertz CT molecular complexity index is 594. The molecule has 2 aliphatic rings. The van der Waals surface area contributed by atoms with Crippen LogP contribution in [-0.4, -0.2) is 6.54 Å². The monoisotopic (exact) mass is 249 g/mol. The van der Waals surface area contributed by atoms with Crippen molar-refractivity contribution < 1.29 is 0 Å². The van der Waals surface area contributed by atoms with Gasteiger partial charge in [-0.05, 0) is 59.6 Å². The van der Waals surface area contributed by atoms with E-state index in [1.807, 2.05) is 0 Å². The Morgan fingerprint density at radius 2 is 1.68 bits per heavy atom. The van der Waals surface area contributed by atoms with E-state index in [2.05, 4.69) is 47.8 Å². The number of rotatable bonds is 2. The topological polar surface area (TPSA) is 12.0 Å². The fourth-order valence-corrected chi connectivity index (χ4v) is 3.17. The average Bonchev–Trinajstić information content (AvgIpc) is 2.85. The van der Waals surface area contributed by atoms with E-state index in [1.165, 1.54) is 47.2 Å². The molecule has 1 saturated carbocycles. The molecule has 2 aromatic carbocycles. The summed E-state index contributed by atoms with van der Waals surface area (Å²) in [6.07, 6.45) is 5.32. The van der Waals surface area contributed by atoms with Crippen LogP contribution in [0, 0.1) is 0 Å². The van der Waals surface area contributed by atoms with Crippen LogP contribution in [0.25, 0.3) is 11.1 Å². The number of benzene rings is 2. The van der Waals surface area contributed by atoms with E-state index in [0.29, 0.717) is 0 Å².